The summed E-state index contributed by atoms with van der Waals surface area (Å²) in [6.07, 6.45) is 6.86. The molecule has 1 aromatic heterocycles. The molecule has 7 rings (SSSR count). The SMILES string of the molecule is C=N/C(=C(/F)c1nc(OCC23CCCN2CCC3)nc(N2CC3CCC(C2)N3)c1C)c1cccc2cccc(OC)c12. The summed E-state index contributed by atoms with van der Waals surface area (Å²) in [7, 11) is 1.62. The van der Waals surface area contributed by atoms with E-state index >= 15 is 4.39 Å². The summed E-state index contributed by atoms with van der Waals surface area (Å²) in [6, 6.07) is 12.5. The molecule has 2 bridgehead atoms. The fourth-order valence-electron chi connectivity index (χ4n) is 7.76. The largest absolute Gasteiger partial charge is 0.496 e. The van der Waals surface area contributed by atoms with E-state index in [1.165, 1.54) is 12.8 Å². The number of methoxy groups -OCH3 is 1. The number of piperazine rings is 1. The first-order valence-corrected chi connectivity index (χ1v) is 15.2. The summed E-state index contributed by atoms with van der Waals surface area (Å²) < 4.78 is 28.9. The number of benzene rings is 2. The van der Waals surface area contributed by atoms with Crippen LogP contribution in [0.1, 0.15) is 55.3 Å². The standard InChI is InChI=1S/C33H39FN6O2/c1-21-29(28(34)30(35-2)25-10-4-8-22-9-5-11-26(41-3)27(22)25)37-32(42-20-33-14-6-16-40(33)17-7-15-33)38-31(21)39-18-23-12-13-24(19-39)36-23/h4-5,8-11,23-24,36H,2,6-7,12-20H2,1,3H3/b30-28+. The molecule has 0 radical (unpaired) electrons. The van der Waals surface area contributed by atoms with Crippen molar-refractivity contribution in [2.24, 2.45) is 4.99 Å². The van der Waals surface area contributed by atoms with E-state index in [1.807, 2.05) is 43.3 Å². The first kappa shape index (κ1) is 27.3. The van der Waals surface area contributed by atoms with E-state index in [9.17, 15) is 0 Å². The molecule has 4 fully saturated rings. The Morgan fingerprint density at radius 3 is 2.50 bits per heavy atom. The highest BCUT2D eigenvalue weighted by Gasteiger charge is 2.45. The highest BCUT2D eigenvalue weighted by molar-refractivity contribution is 6.03. The Balaban J connectivity index is 1.34. The molecule has 4 saturated heterocycles. The molecule has 1 N–H and O–H groups in total. The van der Waals surface area contributed by atoms with Crippen LogP contribution in [0.5, 0.6) is 11.8 Å². The van der Waals surface area contributed by atoms with Crippen LogP contribution in [0.15, 0.2) is 41.4 Å². The number of halogens is 1. The fourth-order valence-corrected chi connectivity index (χ4v) is 7.76. The van der Waals surface area contributed by atoms with Crippen LogP contribution < -0.4 is 19.7 Å². The van der Waals surface area contributed by atoms with E-state index in [0.29, 0.717) is 35.6 Å². The molecule has 4 aliphatic heterocycles. The first-order valence-electron chi connectivity index (χ1n) is 15.2. The van der Waals surface area contributed by atoms with Gasteiger partial charge in [-0.2, -0.15) is 9.97 Å². The van der Waals surface area contributed by atoms with Gasteiger partial charge in [-0.15, -0.1) is 0 Å². The van der Waals surface area contributed by atoms with Crippen LogP contribution in [0.3, 0.4) is 0 Å². The molecule has 2 unspecified atom stereocenters. The third kappa shape index (κ3) is 4.63. The molecule has 5 heterocycles. The number of aliphatic imine (C=N–C) groups is 1. The van der Waals surface area contributed by atoms with Crippen molar-refractivity contribution in [2.75, 3.05) is 44.8 Å². The molecule has 0 amide bonds. The van der Waals surface area contributed by atoms with E-state index < -0.39 is 5.83 Å². The molecule has 4 aliphatic rings. The summed E-state index contributed by atoms with van der Waals surface area (Å²) in [5, 5.41) is 5.39. The molecule has 0 saturated carbocycles. The number of anilines is 1. The molecule has 3 aromatic rings. The van der Waals surface area contributed by atoms with Crippen molar-refractivity contribution in [3.63, 3.8) is 0 Å². The lowest BCUT2D eigenvalue weighted by molar-refractivity contribution is 0.107. The number of rotatable bonds is 8. The molecule has 2 atom stereocenters. The summed E-state index contributed by atoms with van der Waals surface area (Å²) >= 11 is 0. The maximum atomic E-state index is 16.9. The lowest BCUT2D eigenvalue weighted by Gasteiger charge is -2.35. The highest BCUT2D eigenvalue weighted by atomic mass is 19.1. The van der Waals surface area contributed by atoms with E-state index in [1.54, 1.807) is 7.11 Å². The van der Waals surface area contributed by atoms with Crippen LogP contribution in [0, 0.1) is 6.92 Å². The Bertz CT molecular complexity index is 1530. The summed E-state index contributed by atoms with van der Waals surface area (Å²) in [6.45, 7) is 10.1. The maximum Gasteiger partial charge on any atom is 0.319 e. The monoisotopic (exact) mass is 570 g/mol. The molecule has 8 nitrogen and oxygen atoms in total. The molecule has 220 valence electrons. The quantitative estimate of drug-likeness (QED) is 0.364. The van der Waals surface area contributed by atoms with E-state index in [-0.39, 0.29) is 22.9 Å². The molecule has 0 spiro atoms. The van der Waals surface area contributed by atoms with Crippen molar-refractivity contribution in [3.8, 4) is 11.8 Å². The average Bonchev–Trinajstić information content (AvgIpc) is 3.70. The van der Waals surface area contributed by atoms with Crippen LogP contribution in [0.4, 0.5) is 10.2 Å². The zero-order valence-corrected chi connectivity index (χ0v) is 24.5. The molecule has 9 heteroatoms. The van der Waals surface area contributed by atoms with E-state index in [2.05, 4.69) is 26.8 Å². The maximum absolute atomic E-state index is 16.9. The van der Waals surface area contributed by atoms with Crippen LogP contribution in [-0.4, -0.2) is 79.1 Å². The fraction of sp³-hybridized carbons (Fsp3) is 0.485. The number of aromatic nitrogens is 2. The van der Waals surface area contributed by atoms with Gasteiger partial charge in [0.05, 0.1) is 12.6 Å². The number of hydrogen-bond acceptors (Lipinski definition) is 8. The van der Waals surface area contributed by atoms with Crippen molar-refractivity contribution in [1.29, 1.82) is 0 Å². The van der Waals surface area contributed by atoms with Crippen LogP contribution in [0.25, 0.3) is 22.3 Å². The number of nitrogens with zero attached hydrogens (tertiary/aromatic N) is 5. The van der Waals surface area contributed by atoms with Crippen LogP contribution in [0.2, 0.25) is 0 Å². The van der Waals surface area contributed by atoms with Crippen molar-refractivity contribution in [3.05, 3.63) is 53.2 Å². The summed E-state index contributed by atoms with van der Waals surface area (Å²) in [5.74, 6) is 0.832. The van der Waals surface area contributed by atoms with Gasteiger partial charge < -0.3 is 19.7 Å². The second kappa shape index (κ2) is 10.9. The van der Waals surface area contributed by atoms with Gasteiger partial charge >= 0.3 is 6.01 Å². The van der Waals surface area contributed by atoms with Gasteiger partial charge in [-0.1, -0.05) is 30.3 Å². The van der Waals surface area contributed by atoms with Gasteiger partial charge in [-0.05, 0) is 76.7 Å². The van der Waals surface area contributed by atoms with Gasteiger partial charge in [-0.25, -0.2) is 4.39 Å². The second-order valence-corrected chi connectivity index (χ2v) is 12.2. The first-order chi connectivity index (χ1) is 20.5. The Labute approximate surface area is 246 Å². The van der Waals surface area contributed by atoms with Gasteiger partial charge in [0.2, 0.25) is 0 Å². The molecule has 0 aliphatic carbocycles. The number of hydrogen-bond donors (Lipinski definition) is 1. The third-order valence-electron chi connectivity index (χ3n) is 9.81. The van der Waals surface area contributed by atoms with Crippen LogP contribution in [-0.2, 0) is 0 Å². The smallest absolute Gasteiger partial charge is 0.319 e. The molecular formula is C33H39FN6O2. The predicted molar refractivity (Wildman–Crippen MR) is 165 cm³/mol. The Morgan fingerprint density at radius 2 is 1.81 bits per heavy atom. The minimum Gasteiger partial charge on any atom is -0.496 e. The average molecular weight is 571 g/mol. The van der Waals surface area contributed by atoms with Gasteiger partial charge in [-0.3, -0.25) is 9.89 Å². The Kier molecular flexibility index (Phi) is 7.10. The van der Waals surface area contributed by atoms with Gasteiger partial charge in [0.1, 0.15) is 29.6 Å². The Morgan fingerprint density at radius 1 is 1.10 bits per heavy atom. The predicted octanol–water partition coefficient (Wildman–Crippen LogP) is 5.39. The minimum atomic E-state index is -0.547. The van der Waals surface area contributed by atoms with Gasteiger partial charge in [0, 0.05) is 41.7 Å². The molecule has 2 aromatic carbocycles. The van der Waals surface area contributed by atoms with Crippen molar-refractivity contribution in [2.45, 2.75) is 63.1 Å². The highest BCUT2D eigenvalue weighted by Crippen LogP contribution is 2.41. The van der Waals surface area contributed by atoms with E-state index in [0.717, 1.165) is 68.5 Å². The van der Waals surface area contributed by atoms with Gasteiger partial charge in [0.25, 0.3) is 0 Å². The topological polar surface area (TPSA) is 75.1 Å². The molecule has 42 heavy (non-hydrogen) atoms. The second-order valence-electron chi connectivity index (χ2n) is 12.2. The molecular weight excluding hydrogens is 531 g/mol. The minimum absolute atomic E-state index is 0.0322. The normalized spacial score (nSPS) is 23.6. The lowest BCUT2D eigenvalue weighted by Crippen LogP contribution is -2.51. The lowest BCUT2D eigenvalue weighted by atomic mass is 9.95. The summed E-state index contributed by atoms with van der Waals surface area (Å²) in [4.78, 5) is 18.7. The summed E-state index contributed by atoms with van der Waals surface area (Å²) in [5.41, 5.74) is 1.63. The van der Waals surface area contributed by atoms with Gasteiger partial charge in [0.15, 0.2) is 5.83 Å². The van der Waals surface area contributed by atoms with Crippen molar-refractivity contribution in [1.82, 2.24) is 20.2 Å². The van der Waals surface area contributed by atoms with Crippen molar-refractivity contribution < 1.29 is 13.9 Å². The third-order valence-corrected chi connectivity index (χ3v) is 9.81. The Hall–Kier alpha value is -3.56. The van der Waals surface area contributed by atoms with Crippen molar-refractivity contribution >= 4 is 34.8 Å². The zero-order valence-electron chi connectivity index (χ0n) is 24.5. The van der Waals surface area contributed by atoms with Crippen LogP contribution >= 0.6 is 0 Å². The number of ether oxygens (including phenoxy) is 2. The number of fused-ring (bicyclic) bond motifs is 4. The van der Waals surface area contributed by atoms with E-state index in [4.69, 9.17) is 19.4 Å². The zero-order chi connectivity index (χ0) is 28.8. The number of nitrogens with one attached hydrogen (secondary N) is 1.